The lowest BCUT2D eigenvalue weighted by atomic mass is 9.98. The number of pyridine rings is 1. The third-order valence-electron chi connectivity index (χ3n) is 4.36. The van der Waals surface area contributed by atoms with Crippen LogP contribution in [0.25, 0.3) is 22.2 Å². The van der Waals surface area contributed by atoms with Crippen molar-refractivity contribution in [3.8, 4) is 17.0 Å². The molecule has 2 aromatic carbocycles. The predicted octanol–water partition coefficient (Wildman–Crippen LogP) is 4.94. The molecule has 26 heavy (non-hydrogen) atoms. The lowest BCUT2D eigenvalue weighted by Crippen LogP contribution is -2.05. The van der Waals surface area contributed by atoms with Gasteiger partial charge in [-0.15, -0.1) is 0 Å². The zero-order chi connectivity index (χ0) is 19.2. The predicted molar refractivity (Wildman–Crippen MR) is 90.3 cm³/mol. The molecule has 3 rings (SSSR count). The lowest BCUT2D eigenvalue weighted by Gasteiger charge is -2.14. The van der Waals surface area contributed by atoms with Crippen molar-refractivity contribution in [1.29, 1.82) is 0 Å². The van der Waals surface area contributed by atoms with E-state index in [1.165, 1.54) is 0 Å². The molecule has 0 aliphatic heterocycles. The maximum absolute atomic E-state index is 12.7. The normalized spacial score (nSPS) is 11.7. The first kappa shape index (κ1) is 17.7. The van der Waals surface area contributed by atoms with E-state index in [0.29, 0.717) is 5.52 Å². The van der Waals surface area contributed by atoms with Gasteiger partial charge in [0.2, 0.25) is 0 Å². The molecule has 1 aromatic heterocycles. The molecule has 1 heterocycles. The summed E-state index contributed by atoms with van der Waals surface area (Å²) in [5, 5.41) is 20.2. The Bertz CT molecular complexity index is 1030. The van der Waals surface area contributed by atoms with Gasteiger partial charge in [0.25, 0.3) is 0 Å². The summed E-state index contributed by atoms with van der Waals surface area (Å²) in [4.78, 5) is 16.0. The molecule has 0 radical (unpaired) electrons. The molecule has 2 N–H and O–H groups in total. The summed E-state index contributed by atoms with van der Waals surface area (Å²) < 4.78 is 38.2. The van der Waals surface area contributed by atoms with Gasteiger partial charge in [-0.1, -0.05) is 24.3 Å². The summed E-state index contributed by atoms with van der Waals surface area (Å²) in [6.45, 7) is 3.60. The van der Waals surface area contributed by atoms with Crippen LogP contribution in [0.15, 0.2) is 36.4 Å². The fraction of sp³-hybridized carbons (Fsp3) is 0.158. The number of aromatic nitrogens is 1. The second-order valence-electron chi connectivity index (χ2n) is 5.97. The standard InChI is InChI=1S/C19H14F3NO3/c1-9-3-8-13-14(18(25)26)17(24)16(23-15(13)10(9)2)11-4-6-12(7-5-11)19(20,21)22/h3-8,24H,1-2H3,(H,25,26). The zero-order valence-electron chi connectivity index (χ0n) is 13.8. The van der Waals surface area contributed by atoms with Crippen molar-refractivity contribution >= 4 is 16.9 Å². The lowest BCUT2D eigenvalue weighted by molar-refractivity contribution is -0.137. The molecule has 3 aromatic rings. The summed E-state index contributed by atoms with van der Waals surface area (Å²) in [7, 11) is 0. The molecule has 0 saturated carbocycles. The number of fused-ring (bicyclic) bond motifs is 1. The molecule has 4 nitrogen and oxygen atoms in total. The number of benzene rings is 2. The first-order valence-corrected chi connectivity index (χ1v) is 7.65. The Hall–Kier alpha value is -3.09. The fourth-order valence-corrected chi connectivity index (χ4v) is 2.79. The first-order chi connectivity index (χ1) is 12.1. The number of carboxylic acids is 1. The quantitative estimate of drug-likeness (QED) is 0.678. The Balaban J connectivity index is 2.31. The average molecular weight is 361 g/mol. The molecule has 0 amide bonds. The number of hydrogen-bond acceptors (Lipinski definition) is 3. The van der Waals surface area contributed by atoms with Crippen LogP contribution in [0.5, 0.6) is 5.75 Å². The number of carboxylic acid groups (broad SMARTS) is 1. The number of nitrogens with zero attached hydrogens (tertiary/aromatic N) is 1. The van der Waals surface area contributed by atoms with Gasteiger partial charge in [0.15, 0.2) is 5.75 Å². The number of alkyl halides is 3. The number of carbonyl (C=O) groups is 1. The molecule has 0 bridgehead atoms. The largest absolute Gasteiger partial charge is 0.505 e. The van der Waals surface area contributed by atoms with Crippen molar-refractivity contribution in [3.05, 3.63) is 58.7 Å². The van der Waals surface area contributed by atoms with E-state index in [1.54, 1.807) is 19.1 Å². The number of aryl methyl sites for hydroxylation is 2. The van der Waals surface area contributed by atoms with Crippen LogP contribution >= 0.6 is 0 Å². The zero-order valence-corrected chi connectivity index (χ0v) is 13.8. The average Bonchev–Trinajstić information content (AvgIpc) is 2.57. The highest BCUT2D eigenvalue weighted by atomic mass is 19.4. The smallest absolute Gasteiger partial charge is 0.416 e. The van der Waals surface area contributed by atoms with Crippen molar-refractivity contribution < 1.29 is 28.2 Å². The molecule has 0 fully saturated rings. The third-order valence-corrected chi connectivity index (χ3v) is 4.36. The molecule has 0 unspecified atom stereocenters. The number of hydrogen-bond donors (Lipinski definition) is 2. The van der Waals surface area contributed by atoms with Crippen LogP contribution in [0.1, 0.15) is 27.0 Å². The molecule has 0 saturated heterocycles. The first-order valence-electron chi connectivity index (χ1n) is 7.65. The third kappa shape index (κ3) is 2.85. The number of aromatic carboxylic acids is 1. The van der Waals surface area contributed by atoms with Crippen molar-refractivity contribution in [1.82, 2.24) is 4.98 Å². The molecule has 134 valence electrons. The molecule has 0 aliphatic carbocycles. The Morgan fingerprint density at radius 2 is 1.65 bits per heavy atom. The van der Waals surface area contributed by atoms with Gasteiger partial charge in [-0.05, 0) is 37.1 Å². The molecular weight excluding hydrogens is 347 g/mol. The highest BCUT2D eigenvalue weighted by Gasteiger charge is 2.30. The van der Waals surface area contributed by atoms with E-state index in [0.717, 1.165) is 35.4 Å². The van der Waals surface area contributed by atoms with Gasteiger partial charge in [0, 0.05) is 10.9 Å². The van der Waals surface area contributed by atoms with Crippen LogP contribution in [0.2, 0.25) is 0 Å². The Kier molecular flexibility index (Phi) is 4.10. The van der Waals surface area contributed by atoms with Crippen LogP contribution in [0.3, 0.4) is 0 Å². The summed E-state index contributed by atoms with van der Waals surface area (Å²) >= 11 is 0. The minimum Gasteiger partial charge on any atom is -0.505 e. The van der Waals surface area contributed by atoms with Crippen LogP contribution < -0.4 is 0 Å². The van der Waals surface area contributed by atoms with Crippen LogP contribution in [-0.4, -0.2) is 21.2 Å². The van der Waals surface area contributed by atoms with Gasteiger partial charge >= 0.3 is 12.1 Å². The van der Waals surface area contributed by atoms with E-state index >= 15 is 0 Å². The fourth-order valence-electron chi connectivity index (χ4n) is 2.79. The molecule has 0 spiro atoms. The Morgan fingerprint density at radius 1 is 1.04 bits per heavy atom. The number of aromatic hydroxyl groups is 1. The summed E-state index contributed by atoms with van der Waals surface area (Å²) in [6, 6.07) is 7.34. The van der Waals surface area contributed by atoms with E-state index in [1.807, 2.05) is 6.92 Å². The summed E-state index contributed by atoms with van der Waals surface area (Å²) in [5.41, 5.74) is 0.955. The second kappa shape index (κ2) is 6.01. The molecule has 0 atom stereocenters. The SMILES string of the molecule is Cc1ccc2c(C(=O)O)c(O)c(-c3ccc(C(F)(F)F)cc3)nc2c1C. The van der Waals surface area contributed by atoms with Crippen LogP contribution in [0.4, 0.5) is 13.2 Å². The van der Waals surface area contributed by atoms with Gasteiger partial charge in [-0.25, -0.2) is 9.78 Å². The molecule has 7 heteroatoms. The van der Waals surface area contributed by atoms with Crippen LogP contribution in [-0.2, 0) is 6.18 Å². The van der Waals surface area contributed by atoms with Gasteiger partial charge in [-0.3, -0.25) is 0 Å². The van der Waals surface area contributed by atoms with E-state index < -0.39 is 23.5 Å². The van der Waals surface area contributed by atoms with E-state index in [4.69, 9.17) is 0 Å². The van der Waals surface area contributed by atoms with E-state index in [-0.39, 0.29) is 22.2 Å². The highest BCUT2D eigenvalue weighted by Crippen LogP contribution is 2.38. The van der Waals surface area contributed by atoms with Gasteiger partial charge in [-0.2, -0.15) is 13.2 Å². The minimum absolute atomic E-state index is 0.0719. The van der Waals surface area contributed by atoms with Crippen molar-refractivity contribution in [2.24, 2.45) is 0 Å². The highest BCUT2D eigenvalue weighted by molar-refractivity contribution is 6.08. The molecular formula is C19H14F3NO3. The second-order valence-corrected chi connectivity index (χ2v) is 5.97. The number of halogens is 3. The maximum atomic E-state index is 12.7. The monoisotopic (exact) mass is 361 g/mol. The maximum Gasteiger partial charge on any atom is 0.416 e. The molecule has 0 aliphatic rings. The van der Waals surface area contributed by atoms with E-state index in [9.17, 15) is 28.2 Å². The van der Waals surface area contributed by atoms with E-state index in [2.05, 4.69) is 4.98 Å². The van der Waals surface area contributed by atoms with Crippen LogP contribution in [0, 0.1) is 13.8 Å². The Morgan fingerprint density at radius 3 is 2.19 bits per heavy atom. The number of rotatable bonds is 2. The van der Waals surface area contributed by atoms with Gasteiger partial charge in [0.1, 0.15) is 11.3 Å². The summed E-state index contributed by atoms with van der Waals surface area (Å²) in [6.07, 6.45) is -4.49. The minimum atomic E-state index is -4.49. The van der Waals surface area contributed by atoms with Crippen molar-refractivity contribution in [2.45, 2.75) is 20.0 Å². The summed E-state index contributed by atoms with van der Waals surface area (Å²) in [5.74, 6) is -1.92. The van der Waals surface area contributed by atoms with Gasteiger partial charge in [0.05, 0.1) is 11.1 Å². The van der Waals surface area contributed by atoms with Crippen molar-refractivity contribution in [2.75, 3.05) is 0 Å². The van der Waals surface area contributed by atoms with Crippen molar-refractivity contribution in [3.63, 3.8) is 0 Å². The Labute approximate surface area is 146 Å². The van der Waals surface area contributed by atoms with Gasteiger partial charge < -0.3 is 10.2 Å². The topological polar surface area (TPSA) is 70.4 Å².